The predicted molar refractivity (Wildman–Crippen MR) is 86.4 cm³/mol. The van der Waals surface area contributed by atoms with E-state index >= 15 is 0 Å². The lowest BCUT2D eigenvalue weighted by molar-refractivity contribution is 0.102. The molecule has 0 bridgehead atoms. The Balaban J connectivity index is 1.91. The fourth-order valence-corrected chi connectivity index (χ4v) is 3.45. The molecule has 0 radical (unpaired) electrons. The average Bonchev–Trinajstić information content (AvgIpc) is 2.82. The van der Waals surface area contributed by atoms with Crippen LogP contribution in [0.15, 0.2) is 40.9 Å². The molecule has 1 heterocycles. The van der Waals surface area contributed by atoms with Gasteiger partial charge in [-0.15, -0.1) is 0 Å². The van der Waals surface area contributed by atoms with Crippen molar-refractivity contribution >= 4 is 48.5 Å². The van der Waals surface area contributed by atoms with E-state index < -0.39 is 5.82 Å². The molecule has 0 unspecified atom stereocenters. The molecular weight excluding hydrogens is 355 g/mol. The van der Waals surface area contributed by atoms with E-state index in [4.69, 9.17) is 0 Å². The highest BCUT2D eigenvalue weighted by Gasteiger charge is 2.13. The number of para-hydroxylation sites is 1. The summed E-state index contributed by atoms with van der Waals surface area (Å²) in [6, 6.07) is 9.85. The number of thiazole rings is 1. The number of anilines is 1. The van der Waals surface area contributed by atoms with E-state index in [9.17, 15) is 9.18 Å². The van der Waals surface area contributed by atoms with Gasteiger partial charge in [0.25, 0.3) is 5.91 Å². The van der Waals surface area contributed by atoms with Gasteiger partial charge in [-0.3, -0.25) is 10.1 Å². The highest BCUT2D eigenvalue weighted by atomic mass is 79.9. The Bertz CT molecular complexity index is 847. The number of rotatable bonds is 2. The number of aromatic nitrogens is 1. The summed E-state index contributed by atoms with van der Waals surface area (Å²) in [6.07, 6.45) is 0. The molecule has 0 saturated heterocycles. The van der Waals surface area contributed by atoms with Crippen LogP contribution in [0.25, 0.3) is 10.2 Å². The second-order valence-corrected chi connectivity index (χ2v) is 6.40. The monoisotopic (exact) mass is 364 g/mol. The smallest absolute Gasteiger partial charge is 0.258 e. The van der Waals surface area contributed by atoms with Crippen molar-refractivity contribution in [1.29, 1.82) is 0 Å². The number of nitrogens with zero attached hydrogens (tertiary/aromatic N) is 1. The minimum atomic E-state index is -0.394. The maximum atomic E-state index is 13.0. The van der Waals surface area contributed by atoms with Gasteiger partial charge in [0.15, 0.2) is 5.13 Å². The first kappa shape index (κ1) is 14.2. The number of carbonyl (C=O) groups excluding carboxylic acids is 1. The number of nitrogens with one attached hydrogen (secondary N) is 1. The van der Waals surface area contributed by atoms with Crippen LogP contribution in [-0.2, 0) is 0 Å². The average molecular weight is 365 g/mol. The summed E-state index contributed by atoms with van der Waals surface area (Å²) in [4.78, 5) is 16.6. The van der Waals surface area contributed by atoms with Crippen LogP contribution >= 0.6 is 27.3 Å². The second-order valence-electron chi connectivity index (χ2n) is 4.52. The summed E-state index contributed by atoms with van der Waals surface area (Å²) in [6.45, 7) is 1.98. The van der Waals surface area contributed by atoms with Gasteiger partial charge in [0.1, 0.15) is 5.82 Å². The number of benzene rings is 2. The molecule has 106 valence electrons. The number of fused-ring (bicyclic) bond motifs is 1. The normalized spacial score (nSPS) is 10.8. The molecule has 1 aromatic heterocycles. The third kappa shape index (κ3) is 2.82. The molecule has 1 amide bonds. The molecule has 0 aliphatic heterocycles. The first-order valence-electron chi connectivity index (χ1n) is 6.17. The van der Waals surface area contributed by atoms with E-state index in [-0.39, 0.29) is 5.91 Å². The van der Waals surface area contributed by atoms with Gasteiger partial charge in [-0.25, -0.2) is 9.37 Å². The van der Waals surface area contributed by atoms with Gasteiger partial charge >= 0.3 is 0 Å². The number of hydrogen-bond acceptors (Lipinski definition) is 3. The molecule has 0 aliphatic rings. The summed E-state index contributed by atoms with van der Waals surface area (Å²) in [5, 5.41) is 3.28. The zero-order chi connectivity index (χ0) is 15.0. The highest BCUT2D eigenvalue weighted by Crippen LogP contribution is 2.28. The Morgan fingerprint density at radius 2 is 2.14 bits per heavy atom. The topological polar surface area (TPSA) is 42.0 Å². The second kappa shape index (κ2) is 5.54. The minimum Gasteiger partial charge on any atom is -0.298 e. The summed E-state index contributed by atoms with van der Waals surface area (Å²) >= 11 is 4.60. The minimum absolute atomic E-state index is 0.321. The van der Waals surface area contributed by atoms with Gasteiger partial charge in [0.2, 0.25) is 0 Å². The van der Waals surface area contributed by atoms with E-state index in [1.807, 2.05) is 25.1 Å². The van der Waals surface area contributed by atoms with Crippen molar-refractivity contribution in [2.45, 2.75) is 6.92 Å². The zero-order valence-corrected chi connectivity index (χ0v) is 13.4. The van der Waals surface area contributed by atoms with Gasteiger partial charge in [-0.1, -0.05) is 23.5 Å². The van der Waals surface area contributed by atoms with Crippen molar-refractivity contribution in [3.05, 3.63) is 57.8 Å². The molecule has 0 atom stereocenters. The van der Waals surface area contributed by atoms with Crippen LogP contribution in [-0.4, -0.2) is 10.9 Å². The predicted octanol–water partition coefficient (Wildman–Crippen LogP) is 4.76. The van der Waals surface area contributed by atoms with Gasteiger partial charge in [0, 0.05) is 4.47 Å². The summed E-state index contributed by atoms with van der Waals surface area (Å²) in [5.41, 5.74) is 2.32. The van der Waals surface area contributed by atoms with Crippen molar-refractivity contribution in [1.82, 2.24) is 4.98 Å². The quantitative estimate of drug-likeness (QED) is 0.712. The van der Waals surface area contributed by atoms with E-state index in [0.717, 1.165) is 15.8 Å². The molecule has 3 nitrogen and oxygen atoms in total. The molecule has 0 fully saturated rings. The highest BCUT2D eigenvalue weighted by molar-refractivity contribution is 9.10. The van der Waals surface area contributed by atoms with E-state index in [2.05, 4.69) is 26.2 Å². The van der Waals surface area contributed by atoms with Crippen molar-refractivity contribution in [2.24, 2.45) is 0 Å². The molecule has 0 spiro atoms. The summed E-state index contributed by atoms with van der Waals surface area (Å²) < 4.78 is 14.5. The first-order valence-corrected chi connectivity index (χ1v) is 7.78. The molecule has 0 saturated carbocycles. The molecule has 3 rings (SSSR count). The summed E-state index contributed by atoms with van der Waals surface area (Å²) in [5.74, 6) is -0.715. The lowest BCUT2D eigenvalue weighted by Gasteiger charge is -2.04. The lowest BCUT2D eigenvalue weighted by atomic mass is 10.2. The van der Waals surface area contributed by atoms with Gasteiger partial charge < -0.3 is 0 Å². The third-order valence-corrected chi connectivity index (χ3v) is 4.61. The molecule has 2 aromatic carbocycles. The number of amides is 1. The Morgan fingerprint density at radius 3 is 2.86 bits per heavy atom. The van der Waals surface area contributed by atoms with Gasteiger partial charge in [0.05, 0.1) is 15.8 Å². The Morgan fingerprint density at radius 1 is 1.33 bits per heavy atom. The zero-order valence-electron chi connectivity index (χ0n) is 11.0. The van der Waals surface area contributed by atoms with E-state index in [1.165, 1.54) is 29.5 Å². The molecule has 6 heteroatoms. The maximum absolute atomic E-state index is 13.0. The SMILES string of the molecule is Cc1cccc2sc(NC(=O)c3ccc(F)cc3Br)nc12. The van der Waals surface area contributed by atoms with E-state index in [0.29, 0.717) is 15.2 Å². The first-order chi connectivity index (χ1) is 10.0. The third-order valence-electron chi connectivity index (χ3n) is 3.02. The Kier molecular flexibility index (Phi) is 3.73. The summed E-state index contributed by atoms with van der Waals surface area (Å²) in [7, 11) is 0. The fourth-order valence-electron chi connectivity index (χ4n) is 1.98. The number of halogens is 2. The van der Waals surface area contributed by atoms with Crippen molar-refractivity contribution < 1.29 is 9.18 Å². The van der Waals surface area contributed by atoms with Gasteiger partial charge in [-0.2, -0.15) is 0 Å². The van der Waals surface area contributed by atoms with Crippen molar-refractivity contribution in [2.75, 3.05) is 5.32 Å². The van der Waals surface area contributed by atoms with Crippen molar-refractivity contribution in [3.63, 3.8) is 0 Å². The van der Waals surface area contributed by atoms with Crippen LogP contribution in [0.4, 0.5) is 9.52 Å². The number of hydrogen-bond donors (Lipinski definition) is 1. The molecule has 0 aliphatic carbocycles. The van der Waals surface area contributed by atoms with Gasteiger partial charge in [-0.05, 0) is 52.7 Å². The van der Waals surface area contributed by atoms with Crippen LogP contribution in [0.5, 0.6) is 0 Å². The van der Waals surface area contributed by atoms with Crippen LogP contribution in [0, 0.1) is 12.7 Å². The molecule has 21 heavy (non-hydrogen) atoms. The molecular formula is C15H10BrFN2OS. The molecule has 3 aromatic rings. The fraction of sp³-hybridized carbons (Fsp3) is 0.0667. The largest absolute Gasteiger partial charge is 0.298 e. The van der Waals surface area contributed by atoms with E-state index in [1.54, 1.807) is 0 Å². The van der Waals surface area contributed by atoms with Crippen LogP contribution < -0.4 is 5.32 Å². The molecule has 1 N–H and O–H groups in total. The van der Waals surface area contributed by atoms with Crippen LogP contribution in [0.3, 0.4) is 0 Å². The number of aryl methyl sites for hydroxylation is 1. The standard InChI is InChI=1S/C15H10BrFN2OS/c1-8-3-2-4-12-13(8)18-15(21-12)19-14(20)10-6-5-9(17)7-11(10)16/h2-7H,1H3,(H,18,19,20). The van der Waals surface area contributed by atoms with Crippen LogP contribution in [0.2, 0.25) is 0 Å². The number of carbonyl (C=O) groups is 1. The maximum Gasteiger partial charge on any atom is 0.258 e. The lowest BCUT2D eigenvalue weighted by Crippen LogP contribution is -2.12. The Hall–Kier alpha value is -1.79. The van der Waals surface area contributed by atoms with Crippen LogP contribution in [0.1, 0.15) is 15.9 Å². The Labute approximate surface area is 133 Å². The van der Waals surface area contributed by atoms with Crippen molar-refractivity contribution in [3.8, 4) is 0 Å².